The van der Waals surface area contributed by atoms with Gasteiger partial charge in [-0.05, 0) is 21.0 Å². The molecule has 0 unspecified atom stereocenters. The number of nitrogens with zero attached hydrogens (tertiary/aromatic N) is 1. The number of H-pyrrole nitrogens is 1. The topological polar surface area (TPSA) is 91.5 Å². The number of aryl methyl sites for hydroxylation is 1. The van der Waals surface area contributed by atoms with Gasteiger partial charge in [0, 0.05) is 18.8 Å². The Bertz CT molecular complexity index is 547. The smallest absolute Gasteiger partial charge is 0.305 e. The van der Waals surface area contributed by atoms with Gasteiger partial charge in [0.05, 0.1) is 13.2 Å². The van der Waals surface area contributed by atoms with Crippen molar-refractivity contribution >= 4 is 21.4 Å². The average Bonchev–Trinajstić information content (AvgIpc) is 2.63. The molecule has 0 aromatic carbocycles. The first-order valence-electron chi connectivity index (χ1n) is 5.75. The first-order chi connectivity index (χ1) is 8.83. The van der Waals surface area contributed by atoms with Gasteiger partial charge in [0.25, 0.3) is 10.0 Å². The highest BCUT2D eigenvalue weighted by molar-refractivity contribution is 7.91. The maximum atomic E-state index is 11.9. The number of hydrogen-bond donors (Lipinski definition) is 2. The predicted octanol–water partition coefficient (Wildman–Crippen LogP) is -0.399. The lowest BCUT2D eigenvalue weighted by Crippen LogP contribution is -2.28. The minimum atomic E-state index is -3.63. The molecule has 9 heteroatoms. The molecule has 0 saturated heterocycles. The van der Waals surface area contributed by atoms with E-state index in [4.69, 9.17) is 4.74 Å². The summed E-state index contributed by atoms with van der Waals surface area (Å²) in [7, 11) is 0.240. The van der Waals surface area contributed by atoms with Crippen molar-refractivity contribution < 1.29 is 13.2 Å². The SMILES string of the molecule is Cc1[nH]c(=O)sc1S(=O)(=O)NCCOCCN(C)C. The number of nitrogens with one attached hydrogen (secondary N) is 2. The standard InChI is InChI=1S/C10H19N3O4S2/c1-8-9(18-10(14)12-8)19(15,16)11-4-6-17-7-5-13(2)3/h11H,4-7H2,1-3H3,(H,12,14). The molecule has 7 nitrogen and oxygen atoms in total. The van der Waals surface area contributed by atoms with Gasteiger partial charge in [-0.2, -0.15) is 0 Å². The molecule has 0 radical (unpaired) electrons. The molecule has 0 aliphatic carbocycles. The van der Waals surface area contributed by atoms with Crippen molar-refractivity contribution in [2.45, 2.75) is 11.1 Å². The highest BCUT2D eigenvalue weighted by atomic mass is 32.2. The molecule has 1 heterocycles. The van der Waals surface area contributed by atoms with Gasteiger partial charge in [0.2, 0.25) is 0 Å². The van der Waals surface area contributed by atoms with Crippen molar-refractivity contribution in [1.29, 1.82) is 0 Å². The third kappa shape index (κ3) is 5.41. The van der Waals surface area contributed by atoms with E-state index in [1.165, 1.54) is 0 Å². The molecular weight excluding hydrogens is 290 g/mol. The number of rotatable bonds is 8. The third-order valence-electron chi connectivity index (χ3n) is 2.25. The number of ether oxygens (including phenoxy) is 1. The minimum Gasteiger partial charge on any atom is -0.379 e. The van der Waals surface area contributed by atoms with Gasteiger partial charge in [-0.15, -0.1) is 0 Å². The van der Waals surface area contributed by atoms with Crippen LogP contribution in [-0.4, -0.2) is 58.7 Å². The Labute approximate surface area is 116 Å². The Balaban J connectivity index is 2.40. The summed E-state index contributed by atoms with van der Waals surface area (Å²) in [5.74, 6) is 0. The largest absolute Gasteiger partial charge is 0.379 e. The quantitative estimate of drug-likeness (QED) is 0.638. The van der Waals surface area contributed by atoms with E-state index in [0.717, 1.165) is 6.54 Å². The Kier molecular flexibility index (Phi) is 6.14. The monoisotopic (exact) mass is 309 g/mol. The van der Waals surface area contributed by atoms with Crippen LogP contribution in [0.3, 0.4) is 0 Å². The van der Waals surface area contributed by atoms with Crippen molar-refractivity contribution in [3.63, 3.8) is 0 Å². The van der Waals surface area contributed by atoms with Crippen LogP contribution in [0.25, 0.3) is 0 Å². The van der Waals surface area contributed by atoms with E-state index in [9.17, 15) is 13.2 Å². The fourth-order valence-electron chi connectivity index (χ4n) is 1.31. The van der Waals surface area contributed by atoms with Gasteiger partial charge in [0.1, 0.15) is 0 Å². The molecule has 2 N–H and O–H groups in total. The zero-order chi connectivity index (χ0) is 14.5. The third-order valence-corrected chi connectivity index (χ3v) is 5.31. The van der Waals surface area contributed by atoms with Gasteiger partial charge < -0.3 is 14.6 Å². The second-order valence-corrected chi connectivity index (χ2v) is 7.19. The zero-order valence-electron chi connectivity index (χ0n) is 11.2. The van der Waals surface area contributed by atoms with Gasteiger partial charge in [-0.25, -0.2) is 13.1 Å². The van der Waals surface area contributed by atoms with Crippen LogP contribution >= 0.6 is 11.3 Å². The second-order valence-electron chi connectivity index (χ2n) is 4.24. The van der Waals surface area contributed by atoms with Gasteiger partial charge in [-0.1, -0.05) is 11.3 Å². The fourth-order valence-corrected chi connectivity index (χ4v) is 3.67. The number of aromatic amines is 1. The summed E-state index contributed by atoms with van der Waals surface area (Å²) in [5, 5.41) is 0. The normalized spacial score (nSPS) is 12.2. The molecule has 0 fully saturated rings. The van der Waals surface area contributed by atoms with E-state index >= 15 is 0 Å². The first-order valence-corrected chi connectivity index (χ1v) is 8.05. The van der Waals surface area contributed by atoms with Crippen LogP contribution in [0, 0.1) is 6.92 Å². The fraction of sp³-hybridized carbons (Fsp3) is 0.700. The minimum absolute atomic E-state index is 0.0331. The van der Waals surface area contributed by atoms with Crippen molar-refractivity contribution in [2.75, 3.05) is 40.4 Å². The van der Waals surface area contributed by atoms with E-state index in [1.807, 2.05) is 19.0 Å². The molecule has 110 valence electrons. The molecule has 1 aromatic rings. The Morgan fingerprint density at radius 2 is 2.05 bits per heavy atom. The van der Waals surface area contributed by atoms with E-state index in [-0.39, 0.29) is 15.6 Å². The number of thiazole rings is 1. The van der Waals surface area contributed by atoms with Crippen molar-refractivity contribution in [2.24, 2.45) is 0 Å². The summed E-state index contributed by atoms with van der Waals surface area (Å²) in [6.07, 6.45) is 0. The molecular formula is C10H19N3O4S2. The lowest BCUT2D eigenvalue weighted by Gasteiger charge is -2.10. The molecule has 0 amide bonds. The van der Waals surface area contributed by atoms with E-state index in [0.29, 0.717) is 30.2 Å². The summed E-state index contributed by atoms with van der Waals surface area (Å²) in [5.41, 5.74) is 0.357. The molecule has 0 bridgehead atoms. The molecule has 1 rings (SSSR count). The van der Waals surface area contributed by atoms with Crippen LogP contribution in [0.4, 0.5) is 0 Å². The van der Waals surface area contributed by atoms with Crippen molar-refractivity contribution in [1.82, 2.24) is 14.6 Å². The van der Waals surface area contributed by atoms with Crippen molar-refractivity contribution in [3.05, 3.63) is 15.4 Å². The number of hydrogen-bond acceptors (Lipinski definition) is 6. The maximum Gasteiger partial charge on any atom is 0.305 e. The molecule has 0 aliphatic rings. The molecule has 19 heavy (non-hydrogen) atoms. The van der Waals surface area contributed by atoms with Crippen LogP contribution in [0.2, 0.25) is 0 Å². The number of likely N-dealkylation sites (N-methyl/N-ethyl adjacent to an activating group) is 1. The average molecular weight is 309 g/mol. The number of sulfonamides is 1. The summed E-state index contributed by atoms with van der Waals surface area (Å²) >= 11 is 0.684. The van der Waals surface area contributed by atoms with E-state index < -0.39 is 10.0 Å². The van der Waals surface area contributed by atoms with Crippen LogP contribution in [0.5, 0.6) is 0 Å². The Morgan fingerprint density at radius 3 is 2.58 bits per heavy atom. The highest BCUT2D eigenvalue weighted by Crippen LogP contribution is 2.14. The summed E-state index contributed by atoms with van der Waals surface area (Å²) in [6, 6.07) is 0. The summed E-state index contributed by atoms with van der Waals surface area (Å²) in [4.78, 5) is 15.1. The van der Waals surface area contributed by atoms with E-state index in [2.05, 4.69) is 9.71 Å². The first kappa shape index (κ1) is 16.3. The lowest BCUT2D eigenvalue weighted by molar-refractivity contribution is 0.122. The second kappa shape index (κ2) is 7.15. The highest BCUT2D eigenvalue weighted by Gasteiger charge is 2.19. The predicted molar refractivity (Wildman–Crippen MR) is 74.2 cm³/mol. The molecule has 0 aliphatic heterocycles. The van der Waals surface area contributed by atoms with Crippen molar-refractivity contribution in [3.8, 4) is 0 Å². The molecule has 0 atom stereocenters. The molecule has 1 aromatic heterocycles. The Hall–Kier alpha value is -0.740. The summed E-state index contributed by atoms with van der Waals surface area (Å²) < 4.78 is 31.5. The van der Waals surface area contributed by atoms with Gasteiger partial charge >= 0.3 is 4.87 Å². The van der Waals surface area contributed by atoms with Crippen LogP contribution < -0.4 is 9.60 Å². The maximum absolute atomic E-state index is 11.9. The molecule has 0 saturated carbocycles. The van der Waals surface area contributed by atoms with Crippen LogP contribution in [0.1, 0.15) is 5.69 Å². The van der Waals surface area contributed by atoms with Gasteiger partial charge in [0.15, 0.2) is 4.21 Å². The summed E-state index contributed by atoms with van der Waals surface area (Å²) in [6.45, 7) is 3.36. The number of aromatic nitrogens is 1. The molecule has 0 spiro atoms. The zero-order valence-corrected chi connectivity index (χ0v) is 12.9. The van der Waals surface area contributed by atoms with Crippen LogP contribution in [-0.2, 0) is 14.8 Å². The Morgan fingerprint density at radius 1 is 1.37 bits per heavy atom. The van der Waals surface area contributed by atoms with Gasteiger partial charge in [-0.3, -0.25) is 4.79 Å². The van der Waals surface area contributed by atoms with E-state index in [1.54, 1.807) is 6.92 Å². The lowest BCUT2D eigenvalue weighted by atomic mass is 10.6. The van der Waals surface area contributed by atoms with Crippen LogP contribution in [0.15, 0.2) is 9.00 Å².